The van der Waals surface area contributed by atoms with Crippen molar-refractivity contribution in [1.29, 1.82) is 0 Å². The zero-order valence-electron chi connectivity index (χ0n) is 3.92. The zero-order valence-corrected chi connectivity index (χ0v) is 3.92. The van der Waals surface area contributed by atoms with Crippen molar-refractivity contribution in [3.8, 4) is 0 Å². The average Bonchev–Trinajstić information content (AvgIpc) is 1.65. The Morgan fingerprint density at radius 3 is 2.43 bits per heavy atom. The number of hydrogen-bond donors (Lipinski definition) is 3. The highest BCUT2D eigenvalue weighted by Crippen LogP contribution is 1.67. The van der Waals surface area contributed by atoms with Crippen LogP contribution < -0.4 is 11.5 Å². The van der Waals surface area contributed by atoms with Gasteiger partial charge in [0.15, 0.2) is 6.04 Å². The molecule has 0 aliphatic rings. The van der Waals surface area contributed by atoms with Crippen LogP contribution in [0.25, 0.3) is 0 Å². The van der Waals surface area contributed by atoms with E-state index < -0.39 is 12.0 Å². The van der Waals surface area contributed by atoms with E-state index in [0.717, 1.165) is 0 Å². The van der Waals surface area contributed by atoms with E-state index in [2.05, 4.69) is 5.73 Å². The largest absolute Gasteiger partial charge is 0.480 e. The molecule has 0 bridgehead atoms. The van der Waals surface area contributed by atoms with Gasteiger partial charge in [-0.05, 0) is 0 Å². The fourth-order valence-corrected chi connectivity index (χ4v) is 0.123. The number of aliphatic carboxylic acids is 1. The lowest BCUT2D eigenvalue weighted by Crippen LogP contribution is -2.60. The molecule has 0 amide bonds. The van der Waals surface area contributed by atoms with Crippen LogP contribution >= 0.6 is 0 Å². The van der Waals surface area contributed by atoms with Gasteiger partial charge >= 0.3 is 5.97 Å². The van der Waals surface area contributed by atoms with E-state index >= 15 is 0 Å². The molecule has 0 aliphatic carbocycles. The van der Waals surface area contributed by atoms with Crippen LogP contribution in [-0.2, 0) is 4.79 Å². The molecule has 0 spiro atoms. The molecule has 6 N–H and O–H groups in total. The minimum Gasteiger partial charge on any atom is -0.480 e. The van der Waals surface area contributed by atoms with Crippen LogP contribution in [0.15, 0.2) is 0 Å². The third-order valence-corrected chi connectivity index (χ3v) is 0.628. The maximum absolute atomic E-state index is 9.77. The van der Waals surface area contributed by atoms with Gasteiger partial charge in [-0.1, -0.05) is 0 Å². The van der Waals surface area contributed by atoms with Gasteiger partial charge in [0.25, 0.3) is 0 Å². The molecule has 4 heteroatoms. The summed E-state index contributed by atoms with van der Waals surface area (Å²) in [5.41, 5.74) is 8.25. The first-order valence-electron chi connectivity index (χ1n) is 1.96. The van der Waals surface area contributed by atoms with Crippen LogP contribution in [0.2, 0.25) is 0 Å². The molecule has 0 radical (unpaired) electrons. The molecule has 0 saturated carbocycles. The highest BCUT2D eigenvalue weighted by atomic mass is 16.4. The summed E-state index contributed by atoms with van der Waals surface area (Å²) in [4.78, 5) is 9.77. The molecule has 4 nitrogen and oxygen atoms in total. The van der Waals surface area contributed by atoms with Crippen molar-refractivity contribution in [3.05, 3.63) is 0 Å². The second kappa shape index (κ2) is 2.54. The number of carboxylic acids is 1. The van der Waals surface area contributed by atoms with Gasteiger partial charge in [-0.25, -0.2) is 0 Å². The Labute approximate surface area is 41.1 Å². The normalized spacial score (nSPS) is 13.4. The zero-order chi connectivity index (χ0) is 5.86. The van der Waals surface area contributed by atoms with E-state index in [1.54, 1.807) is 0 Å². The third-order valence-electron chi connectivity index (χ3n) is 0.628. The Balaban J connectivity index is 3.34. The molecule has 7 heavy (non-hydrogen) atoms. The van der Waals surface area contributed by atoms with Gasteiger partial charge in [0.2, 0.25) is 0 Å². The Bertz CT molecular complexity index is 73.3. The lowest BCUT2D eigenvalue weighted by atomic mass is 10.3. The summed E-state index contributed by atoms with van der Waals surface area (Å²) < 4.78 is 0. The molecule has 0 aromatic heterocycles. The van der Waals surface area contributed by atoms with Gasteiger partial charge in [-0.3, -0.25) is 4.79 Å². The van der Waals surface area contributed by atoms with Crippen molar-refractivity contribution in [2.75, 3.05) is 6.54 Å². The summed E-state index contributed by atoms with van der Waals surface area (Å²) in [6.07, 6.45) is 0. The molecule has 1 atom stereocenters. The fourth-order valence-electron chi connectivity index (χ4n) is 0.123. The summed E-state index contributed by atoms with van der Waals surface area (Å²) in [6.45, 7) is 0.245. The molecular weight excluding hydrogens is 96.0 g/mol. The number of nitrogens with two attached hydrogens (primary N) is 1. The van der Waals surface area contributed by atoms with Gasteiger partial charge in [0.1, 0.15) is 6.54 Å². The number of rotatable bonds is 2. The molecule has 0 unspecified atom stereocenters. The average molecular weight is 105 g/mol. The van der Waals surface area contributed by atoms with Crippen molar-refractivity contribution >= 4 is 5.97 Å². The van der Waals surface area contributed by atoms with E-state index in [0.29, 0.717) is 0 Å². The molecule has 42 valence electrons. The first-order chi connectivity index (χ1) is 3.18. The number of carbonyl (C=O) groups is 1. The van der Waals surface area contributed by atoms with Crippen LogP contribution in [0.5, 0.6) is 0 Å². The van der Waals surface area contributed by atoms with Gasteiger partial charge in [-0.15, -0.1) is 0 Å². The van der Waals surface area contributed by atoms with Crippen LogP contribution in [0, 0.1) is 0 Å². The third kappa shape index (κ3) is 2.13. The molecule has 0 aliphatic heterocycles. The predicted molar refractivity (Wildman–Crippen MR) is 23.4 cm³/mol. The topological polar surface area (TPSA) is 91.0 Å². The quantitative estimate of drug-likeness (QED) is 0.367. The van der Waals surface area contributed by atoms with Crippen LogP contribution in [0.1, 0.15) is 0 Å². The van der Waals surface area contributed by atoms with Crippen molar-refractivity contribution < 1.29 is 15.6 Å². The fraction of sp³-hybridized carbons (Fsp3) is 0.667. The molecule has 0 aromatic rings. The Morgan fingerprint density at radius 2 is 2.43 bits per heavy atom. The number of hydrogen-bond acceptors (Lipinski definition) is 2. The molecule has 0 aromatic carbocycles. The van der Waals surface area contributed by atoms with Crippen LogP contribution in [0.4, 0.5) is 0 Å². The molecule has 0 rings (SSSR count). The highest BCUT2D eigenvalue weighted by molar-refractivity contribution is 5.73. The summed E-state index contributed by atoms with van der Waals surface area (Å²) in [5.74, 6) is -0.991. The molecular formula is C3H9N2O2+. The van der Waals surface area contributed by atoms with Crippen molar-refractivity contribution in [3.63, 3.8) is 0 Å². The van der Waals surface area contributed by atoms with Gasteiger partial charge in [0, 0.05) is 0 Å². The Hall–Kier alpha value is -0.610. The summed E-state index contributed by atoms with van der Waals surface area (Å²) in [5, 5.41) is 8.02. The predicted octanol–water partition coefficient (Wildman–Crippen LogP) is -2.36. The standard InChI is InChI=1S/C3H8N2O2/c4-1-2(5)3(6)7/h2H,1,4-5H2,(H,6,7)/p+1/t2-/m0/s1. The SMILES string of the molecule is N[C@@H](C[NH3+])C(=O)O. The molecule has 0 fully saturated rings. The second-order valence-electron chi connectivity index (χ2n) is 1.23. The Morgan fingerprint density at radius 1 is 2.00 bits per heavy atom. The van der Waals surface area contributed by atoms with Gasteiger partial charge in [-0.2, -0.15) is 0 Å². The smallest absolute Gasteiger partial charge is 0.326 e. The van der Waals surface area contributed by atoms with E-state index in [9.17, 15) is 4.79 Å². The maximum Gasteiger partial charge on any atom is 0.326 e. The number of carboxylic acid groups (broad SMARTS) is 1. The first kappa shape index (κ1) is 6.39. The lowest BCUT2D eigenvalue weighted by molar-refractivity contribution is -0.369. The summed E-state index contributed by atoms with van der Waals surface area (Å²) in [6, 6.07) is -0.792. The number of quaternary nitrogens is 1. The van der Waals surface area contributed by atoms with E-state index in [-0.39, 0.29) is 6.54 Å². The maximum atomic E-state index is 9.77. The van der Waals surface area contributed by atoms with E-state index in [4.69, 9.17) is 10.8 Å². The minimum absolute atomic E-state index is 0.245. The van der Waals surface area contributed by atoms with Crippen LogP contribution in [-0.4, -0.2) is 23.7 Å². The first-order valence-corrected chi connectivity index (χ1v) is 1.96. The highest BCUT2D eigenvalue weighted by Gasteiger charge is 2.08. The lowest BCUT2D eigenvalue weighted by Gasteiger charge is -1.94. The summed E-state index contributed by atoms with van der Waals surface area (Å²) in [7, 11) is 0. The summed E-state index contributed by atoms with van der Waals surface area (Å²) >= 11 is 0. The van der Waals surface area contributed by atoms with Gasteiger partial charge < -0.3 is 16.6 Å². The van der Waals surface area contributed by atoms with Gasteiger partial charge in [0.05, 0.1) is 0 Å². The second-order valence-corrected chi connectivity index (χ2v) is 1.23. The monoisotopic (exact) mass is 105 g/mol. The molecule has 0 saturated heterocycles. The van der Waals surface area contributed by atoms with Crippen molar-refractivity contribution in [2.24, 2.45) is 5.73 Å². The van der Waals surface area contributed by atoms with Crippen molar-refractivity contribution in [1.82, 2.24) is 0 Å². The minimum atomic E-state index is -0.991. The van der Waals surface area contributed by atoms with Crippen LogP contribution in [0.3, 0.4) is 0 Å². The van der Waals surface area contributed by atoms with Crippen molar-refractivity contribution in [2.45, 2.75) is 6.04 Å². The van der Waals surface area contributed by atoms with E-state index in [1.165, 1.54) is 0 Å². The van der Waals surface area contributed by atoms with E-state index in [1.807, 2.05) is 0 Å². The molecule has 0 heterocycles. The Kier molecular flexibility index (Phi) is 2.32.